The van der Waals surface area contributed by atoms with Crippen LogP contribution in [0.2, 0.25) is 0 Å². The topological polar surface area (TPSA) is 4.44 Å². The lowest BCUT2D eigenvalue weighted by Crippen LogP contribution is -3.12. The van der Waals surface area contributed by atoms with E-state index in [1.807, 2.05) is 4.90 Å². The molecule has 0 fully saturated rings. The van der Waals surface area contributed by atoms with Crippen molar-refractivity contribution in [1.82, 2.24) is 0 Å². The van der Waals surface area contributed by atoms with Crippen molar-refractivity contribution in [2.75, 3.05) is 37.9 Å². The van der Waals surface area contributed by atoms with E-state index in [-0.39, 0.29) is 34.0 Å². The lowest BCUT2D eigenvalue weighted by Gasteiger charge is -2.19. The molecular formula is C15H35Br2NS. The zero-order valence-electron chi connectivity index (χ0n) is 13.4. The standard InChI is InChI=1S/C15H34NS.2BrH/c1-5-7-12-16(13-8-6-2)14-10-9-11-15-17(3)4;;/h5-15H2,1-4H3;2*1H/q+1;;/p-1. The van der Waals surface area contributed by atoms with Crippen molar-refractivity contribution in [2.24, 2.45) is 0 Å². The van der Waals surface area contributed by atoms with Crippen LogP contribution in [0.1, 0.15) is 58.8 Å². The van der Waals surface area contributed by atoms with E-state index in [9.17, 15) is 0 Å². The Kier molecular flexibility index (Phi) is 25.6. The van der Waals surface area contributed by atoms with Gasteiger partial charge < -0.3 is 38.9 Å². The molecule has 4 heteroatoms. The van der Waals surface area contributed by atoms with E-state index in [4.69, 9.17) is 0 Å². The van der Waals surface area contributed by atoms with Gasteiger partial charge >= 0.3 is 0 Å². The number of nitrogens with one attached hydrogen (secondary N) is 1. The minimum atomic E-state index is 0. The van der Waals surface area contributed by atoms with E-state index in [0.29, 0.717) is 10.9 Å². The van der Waals surface area contributed by atoms with Gasteiger partial charge in [0.15, 0.2) is 0 Å². The van der Waals surface area contributed by atoms with Crippen molar-refractivity contribution in [1.29, 1.82) is 0 Å². The Balaban J connectivity index is -0.00000128. The first-order chi connectivity index (χ1) is 8.20. The Hall–Kier alpha value is 1.27. The summed E-state index contributed by atoms with van der Waals surface area (Å²) in [6, 6.07) is 0. The van der Waals surface area contributed by atoms with Gasteiger partial charge in [-0.15, -0.1) is 0 Å². The third kappa shape index (κ3) is 19.3. The Bertz CT molecular complexity index is 149. The zero-order valence-corrected chi connectivity index (χ0v) is 17.4. The van der Waals surface area contributed by atoms with E-state index in [1.165, 1.54) is 70.3 Å². The normalized spacial score (nSPS) is 10.4. The van der Waals surface area contributed by atoms with Crippen LogP contribution in [0.3, 0.4) is 0 Å². The number of quaternary nitrogens is 1. The molecule has 0 bridgehead atoms. The van der Waals surface area contributed by atoms with Crippen LogP contribution in [-0.2, 0) is 10.9 Å². The third-order valence-corrected chi connectivity index (χ3v) is 4.46. The monoisotopic (exact) mass is 419 g/mol. The van der Waals surface area contributed by atoms with E-state index in [0.717, 1.165) is 0 Å². The van der Waals surface area contributed by atoms with E-state index in [1.54, 1.807) is 0 Å². The number of hydrogen-bond acceptors (Lipinski definition) is 0. The summed E-state index contributed by atoms with van der Waals surface area (Å²) in [6.45, 7) is 8.84. The van der Waals surface area contributed by atoms with E-state index < -0.39 is 0 Å². The summed E-state index contributed by atoms with van der Waals surface area (Å²) < 4.78 is 0. The number of halogens is 2. The smallest absolute Gasteiger partial charge is 0.107 e. The van der Waals surface area contributed by atoms with Crippen LogP contribution in [0.4, 0.5) is 0 Å². The lowest BCUT2D eigenvalue weighted by molar-refractivity contribution is -0.900. The number of rotatable bonds is 12. The first kappa shape index (κ1) is 25.2. The minimum Gasteiger partial charge on any atom is -1.00 e. The van der Waals surface area contributed by atoms with Gasteiger partial charge in [-0.1, -0.05) is 26.7 Å². The molecule has 0 saturated heterocycles. The molecule has 0 aliphatic rings. The Morgan fingerprint density at radius 3 is 1.58 bits per heavy atom. The van der Waals surface area contributed by atoms with Crippen molar-refractivity contribution in [3.63, 3.8) is 0 Å². The van der Waals surface area contributed by atoms with Gasteiger partial charge in [0, 0.05) is 0 Å². The van der Waals surface area contributed by atoms with Crippen molar-refractivity contribution < 1.29 is 38.9 Å². The second-order valence-corrected chi connectivity index (χ2v) is 7.84. The van der Waals surface area contributed by atoms with Gasteiger partial charge in [-0.05, 0) is 43.0 Å². The van der Waals surface area contributed by atoms with Crippen LogP contribution in [0, 0.1) is 0 Å². The summed E-state index contributed by atoms with van der Waals surface area (Å²) in [7, 11) is 0.654. The minimum absolute atomic E-state index is 0. The fraction of sp³-hybridized carbons (Fsp3) is 1.00. The van der Waals surface area contributed by atoms with Crippen LogP contribution in [-0.4, -0.2) is 37.9 Å². The highest BCUT2D eigenvalue weighted by molar-refractivity contribution is 7.95. The van der Waals surface area contributed by atoms with Crippen molar-refractivity contribution >= 4 is 10.9 Å². The molecule has 120 valence electrons. The summed E-state index contributed by atoms with van der Waals surface area (Å²) >= 11 is 0. The maximum atomic E-state index is 2.36. The quantitative estimate of drug-likeness (QED) is 0.247. The molecular weight excluding hydrogens is 386 g/mol. The molecule has 0 spiro atoms. The van der Waals surface area contributed by atoms with Crippen LogP contribution in [0.5, 0.6) is 0 Å². The lowest BCUT2D eigenvalue weighted by atomic mass is 10.2. The highest BCUT2D eigenvalue weighted by atomic mass is 79.9. The highest BCUT2D eigenvalue weighted by Crippen LogP contribution is 1.97. The van der Waals surface area contributed by atoms with Gasteiger partial charge in [0.2, 0.25) is 0 Å². The fourth-order valence-electron chi connectivity index (χ4n) is 2.17. The zero-order chi connectivity index (χ0) is 12.9. The van der Waals surface area contributed by atoms with E-state index in [2.05, 4.69) is 26.4 Å². The van der Waals surface area contributed by atoms with Gasteiger partial charge in [0.05, 0.1) is 32.1 Å². The first-order valence-corrected chi connectivity index (χ1v) is 9.79. The Labute approximate surface area is 146 Å². The average Bonchev–Trinajstić information content (AvgIpc) is 2.30. The van der Waals surface area contributed by atoms with Gasteiger partial charge in [-0.3, -0.25) is 0 Å². The van der Waals surface area contributed by atoms with Gasteiger partial charge in [0.25, 0.3) is 0 Å². The molecule has 0 aromatic rings. The SMILES string of the molecule is CCCC[NH+](CCCC)CCCCC[S+](C)C.[Br-].[Br-]. The molecule has 0 saturated carbocycles. The van der Waals surface area contributed by atoms with Crippen LogP contribution < -0.4 is 38.9 Å². The number of unbranched alkanes of at least 4 members (excludes halogenated alkanes) is 4. The molecule has 19 heavy (non-hydrogen) atoms. The van der Waals surface area contributed by atoms with Gasteiger partial charge in [-0.25, -0.2) is 0 Å². The largest absolute Gasteiger partial charge is 1.00 e. The molecule has 0 unspecified atom stereocenters. The van der Waals surface area contributed by atoms with E-state index >= 15 is 0 Å². The third-order valence-electron chi connectivity index (χ3n) is 3.35. The molecule has 1 nitrogen and oxygen atoms in total. The molecule has 0 aliphatic heterocycles. The van der Waals surface area contributed by atoms with Crippen molar-refractivity contribution in [3.8, 4) is 0 Å². The van der Waals surface area contributed by atoms with Crippen LogP contribution >= 0.6 is 0 Å². The first-order valence-electron chi connectivity index (χ1n) is 7.58. The predicted molar refractivity (Wildman–Crippen MR) is 83.3 cm³/mol. The van der Waals surface area contributed by atoms with Crippen LogP contribution in [0.25, 0.3) is 0 Å². The summed E-state index contributed by atoms with van der Waals surface area (Å²) in [5, 5.41) is 0. The molecule has 0 heterocycles. The van der Waals surface area contributed by atoms with Crippen molar-refractivity contribution in [3.05, 3.63) is 0 Å². The second kappa shape index (κ2) is 19.3. The molecule has 0 rings (SSSR count). The molecule has 0 aromatic heterocycles. The fourth-order valence-corrected chi connectivity index (χ4v) is 2.95. The molecule has 0 aromatic carbocycles. The molecule has 0 radical (unpaired) electrons. The second-order valence-electron chi connectivity index (χ2n) is 5.46. The highest BCUT2D eigenvalue weighted by Gasteiger charge is 2.07. The summed E-state index contributed by atoms with van der Waals surface area (Å²) in [4.78, 5) is 1.86. The predicted octanol–water partition coefficient (Wildman–Crippen LogP) is -3.47. The Morgan fingerprint density at radius 1 is 0.684 bits per heavy atom. The average molecular weight is 421 g/mol. The summed E-state index contributed by atoms with van der Waals surface area (Å²) in [5.74, 6) is 1.44. The van der Waals surface area contributed by atoms with Gasteiger partial charge in [-0.2, -0.15) is 0 Å². The molecule has 0 atom stereocenters. The van der Waals surface area contributed by atoms with Gasteiger partial charge in [0.1, 0.15) is 5.75 Å². The summed E-state index contributed by atoms with van der Waals surface area (Å²) in [5.41, 5.74) is 0. The maximum absolute atomic E-state index is 2.36. The molecule has 0 amide bonds. The molecule has 0 aliphatic carbocycles. The summed E-state index contributed by atoms with van der Waals surface area (Å²) in [6.07, 6.45) is 14.6. The van der Waals surface area contributed by atoms with Crippen LogP contribution in [0.15, 0.2) is 0 Å². The molecule has 1 N–H and O–H groups in total. The Morgan fingerprint density at radius 2 is 1.16 bits per heavy atom. The van der Waals surface area contributed by atoms with Crippen molar-refractivity contribution in [2.45, 2.75) is 58.8 Å². The maximum Gasteiger partial charge on any atom is 0.107 e. The number of hydrogen-bond donors (Lipinski definition) is 1.